The Morgan fingerprint density at radius 1 is 1.04 bits per heavy atom. The molecule has 144 valence electrons. The fourth-order valence-electron chi connectivity index (χ4n) is 2.58. The Labute approximate surface area is 177 Å². The highest BCUT2D eigenvalue weighted by Gasteiger charge is 2.09. The summed E-state index contributed by atoms with van der Waals surface area (Å²) < 4.78 is 16.7. The van der Waals surface area contributed by atoms with Gasteiger partial charge in [-0.2, -0.15) is 5.10 Å². The van der Waals surface area contributed by atoms with Crippen LogP contribution in [0.3, 0.4) is 0 Å². The summed E-state index contributed by atoms with van der Waals surface area (Å²) in [7, 11) is 0. The number of halogens is 3. The molecule has 5 nitrogen and oxygen atoms in total. The van der Waals surface area contributed by atoms with E-state index in [-0.39, 0.29) is 23.6 Å². The molecule has 0 bridgehead atoms. The predicted octanol–water partition coefficient (Wildman–Crippen LogP) is 4.99. The van der Waals surface area contributed by atoms with E-state index >= 15 is 0 Å². The molecule has 8 heteroatoms. The molecule has 0 atom stereocenters. The van der Waals surface area contributed by atoms with Gasteiger partial charge in [-0.15, -0.1) is 0 Å². The van der Waals surface area contributed by atoms with Crippen molar-refractivity contribution in [2.24, 2.45) is 0 Å². The number of aromatic nitrogens is 2. The van der Waals surface area contributed by atoms with Gasteiger partial charge >= 0.3 is 0 Å². The van der Waals surface area contributed by atoms with E-state index in [9.17, 15) is 14.0 Å². The van der Waals surface area contributed by atoms with Crippen LogP contribution < -0.4 is 10.9 Å². The molecule has 0 fully saturated rings. The van der Waals surface area contributed by atoms with Crippen LogP contribution in [0.4, 0.5) is 10.1 Å². The second kappa shape index (κ2) is 9.25. The van der Waals surface area contributed by atoms with Crippen molar-refractivity contribution in [3.05, 3.63) is 79.7 Å². The zero-order chi connectivity index (χ0) is 20.1. The summed E-state index contributed by atoms with van der Waals surface area (Å²) >= 11 is 6.55. The minimum Gasteiger partial charge on any atom is -0.324 e. The van der Waals surface area contributed by atoms with Crippen molar-refractivity contribution in [1.29, 1.82) is 0 Å². The first-order valence-electron chi connectivity index (χ1n) is 8.51. The Bertz CT molecular complexity index is 1050. The summed E-state index contributed by atoms with van der Waals surface area (Å²) in [6.45, 7) is 0.291. The fraction of sp³-hybridized carbons (Fsp3) is 0.150. The second-order valence-electron chi connectivity index (χ2n) is 6.06. The van der Waals surface area contributed by atoms with Gasteiger partial charge in [0.25, 0.3) is 5.56 Å². The van der Waals surface area contributed by atoms with Gasteiger partial charge in [0, 0.05) is 33.5 Å². The smallest absolute Gasteiger partial charge is 0.266 e. The number of hydrogen-bond acceptors (Lipinski definition) is 3. The Balaban J connectivity index is 1.61. The summed E-state index contributed by atoms with van der Waals surface area (Å²) in [6, 6.07) is 15.2. The van der Waals surface area contributed by atoms with Gasteiger partial charge in [0.05, 0.1) is 11.4 Å². The number of nitrogens with one attached hydrogen (secondary N) is 1. The zero-order valence-electron chi connectivity index (χ0n) is 14.7. The number of benzene rings is 2. The van der Waals surface area contributed by atoms with E-state index in [1.54, 1.807) is 12.1 Å². The average Bonchev–Trinajstić information content (AvgIpc) is 2.66. The van der Waals surface area contributed by atoms with Crippen molar-refractivity contribution >= 4 is 43.5 Å². The molecule has 1 amide bonds. The number of hydrogen-bond donors (Lipinski definition) is 1. The van der Waals surface area contributed by atoms with Crippen molar-refractivity contribution in [2.45, 2.75) is 19.4 Å². The van der Waals surface area contributed by atoms with Gasteiger partial charge in [-0.1, -0.05) is 44.0 Å². The first-order chi connectivity index (χ1) is 13.4. The van der Waals surface area contributed by atoms with Gasteiger partial charge in [-0.25, -0.2) is 9.07 Å². The Hall–Kier alpha value is -2.32. The number of anilines is 1. The molecule has 1 N–H and O–H groups in total. The molecule has 0 saturated carbocycles. The normalized spacial score (nSPS) is 10.7. The number of carbonyl (C=O) groups is 1. The minimum absolute atomic E-state index is 0.126. The highest BCUT2D eigenvalue weighted by molar-refractivity contribution is 9.10. The van der Waals surface area contributed by atoms with Gasteiger partial charge in [0.1, 0.15) is 5.82 Å². The fourth-order valence-corrected chi connectivity index (χ4v) is 3.17. The second-order valence-corrected chi connectivity index (χ2v) is 7.89. The van der Waals surface area contributed by atoms with Gasteiger partial charge in [0.15, 0.2) is 0 Å². The molecule has 0 aliphatic heterocycles. The van der Waals surface area contributed by atoms with Crippen molar-refractivity contribution in [2.75, 3.05) is 5.32 Å². The first kappa shape index (κ1) is 20.4. The van der Waals surface area contributed by atoms with Crippen LogP contribution in [-0.2, 0) is 11.3 Å². The highest BCUT2D eigenvalue weighted by Crippen LogP contribution is 2.20. The lowest BCUT2D eigenvalue weighted by molar-refractivity contribution is -0.116. The molecular formula is C20H16Br2FN3O2. The third kappa shape index (κ3) is 5.36. The molecule has 0 aliphatic rings. The van der Waals surface area contributed by atoms with Gasteiger partial charge in [-0.05, 0) is 42.8 Å². The molecular weight excluding hydrogens is 493 g/mol. The monoisotopic (exact) mass is 507 g/mol. The lowest BCUT2D eigenvalue weighted by atomic mass is 10.1. The lowest BCUT2D eigenvalue weighted by Gasteiger charge is -2.09. The topological polar surface area (TPSA) is 64.0 Å². The molecule has 1 heterocycles. The maximum absolute atomic E-state index is 13.8. The molecule has 1 aromatic heterocycles. The Morgan fingerprint density at radius 3 is 2.46 bits per heavy atom. The average molecular weight is 509 g/mol. The van der Waals surface area contributed by atoms with Gasteiger partial charge in [0.2, 0.25) is 5.91 Å². The van der Waals surface area contributed by atoms with Crippen LogP contribution >= 0.6 is 31.9 Å². The maximum Gasteiger partial charge on any atom is 0.266 e. The molecule has 3 aromatic rings. The molecule has 28 heavy (non-hydrogen) atoms. The quantitative estimate of drug-likeness (QED) is 0.510. The standard InChI is InChI=1S/C20H16Br2FN3O2/c21-14-5-3-13(4-6-14)17-9-10-20(28)26(25-17)11-1-2-19(27)24-18-8-7-15(22)12-16(18)23/h3-10,12H,1-2,11H2,(H,24,27). The molecule has 0 spiro atoms. The van der Waals surface area contributed by atoms with E-state index < -0.39 is 5.82 Å². The van der Waals surface area contributed by atoms with Crippen LogP contribution in [-0.4, -0.2) is 15.7 Å². The highest BCUT2D eigenvalue weighted by atomic mass is 79.9. The van der Waals surface area contributed by atoms with Crippen LogP contribution in [0.15, 0.2) is 68.3 Å². The van der Waals surface area contributed by atoms with Crippen molar-refractivity contribution in [3.63, 3.8) is 0 Å². The maximum atomic E-state index is 13.8. The lowest BCUT2D eigenvalue weighted by Crippen LogP contribution is -2.23. The molecule has 0 radical (unpaired) electrons. The third-order valence-corrected chi connectivity index (χ3v) is 5.01. The van der Waals surface area contributed by atoms with E-state index in [0.29, 0.717) is 23.1 Å². The molecule has 2 aromatic carbocycles. The van der Waals surface area contributed by atoms with Crippen LogP contribution in [0.1, 0.15) is 12.8 Å². The summed E-state index contributed by atoms with van der Waals surface area (Å²) in [5.41, 5.74) is 1.45. The molecule has 0 unspecified atom stereocenters. The number of amides is 1. The Morgan fingerprint density at radius 2 is 1.75 bits per heavy atom. The summed E-state index contributed by atoms with van der Waals surface area (Å²) in [4.78, 5) is 24.1. The molecule has 0 saturated heterocycles. The largest absolute Gasteiger partial charge is 0.324 e. The van der Waals surface area contributed by atoms with E-state index in [1.165, 1.54) is 22.9 Å². The van der Waals surface area contributed by atoms with Crippen molar-refractivity contribution in [3.8, 4) is 11.3 Å². The van der Waals surface area contributed by atoms with E-state index in [4.69, 9.17) is 0 Å². The number of carbonyl (C=O) groups excluding carboxylic acids is 1. The van der Waals surface area contributed by atoms with E-state index in [1.807, 2.05) is 24.3 Å². The van der Waals surface area contributed by atoms with Crippen LogP contribution in [0.5, 0.6) is 0 Å². The SMILES string of the molecule is O=C(CCCn1nc(-c2ccc(Br)cc2)ccc1=O)Nc1ccc(Br)cc1F. The van der Waals surface area contributed by atoms with E-state index in [2.05, 4.69) is 42.3 Å². The minimum atomic E-state index is -0.511. The van der Waals surface area contributed by atoms with Gasteiger partial charge < -0.3 is 5.32 Å². The van der Waals surface area contributed by atoms with Crippen molar-refractivity contribution < 1.29 is 9.18 Å². The van der Waals surface area contributed by atoms with Crippen LogP contribution in [0, 0.1) is 5.82 Å². The van der Waals surface area contributed by atoms with Gasteiger partial charge in [-0.3, -0.25) is 9.59 Å². The zero-order valence-corrected chi connectivity index (χ0v) is 17.8. The number of nitrogens with zero attached hydrogens (tertiary/aromatic N) is 2. The summed E-state index contributed by atoms with van der Waals surface area (Å²) in [5, 5.41) is 6.90. The first-order valence-corrected chi connectivity index (χ1v) is 10.1. The van der Waals surface area contributed by atoms with Crippen molar-refractivity contribution in [1.82, 2.24) is 9.78 Å². The molecule has 3 rings (SSSR count). The molecule has 0 aliphatic carbocycles. The van der Waals surface area contributed by atoms with E-state index in [0.717, 1.165) is 10.0 Å². The third-order valence-electron chi connectivity index (χ3n) is 3.99. The summed E-state index contributed by atoms with van der Waals surface area (Å²) in [5.74, 6) is -0.832. The predicted molar refractivity (Wildman–Crippen MR) is 114 cm³/mol. The van der Waals surface area contributed by atoms with Crippen LogP contribution in [0.25, 0.3) is 11.3 Å². The number of aryl methyl sites for hydroxylation is 1. The number of rotatable bonds is 6. The van der Waals surface area contributed by atoms with Crippen LogP contribution in [0.2, 0.25) is 0 Å². The Kier molecular flexibility index (Phi) is 6.74. The summed E-state index contributed by atoms with van der Waals surface area (Å²) in [6.07, 6.45) is 0.548.